The number of Topliss-reactive ketones (excluding diaryl/α,β-unsaturated/α-hetero) is 1. The third kappa shape index (κ3) is 2.44. The maximum Gasteiger partial charge on any atom is 0.302 e. The normalized spacial score (nSPS) is 51.2. The van der Waals surface area contributed by atoms with Crippen LogP contribution in [0.1, 0.15) is 66.7 Å². The maximum absolute atomic E-state index is 13.1. The molecular formula is C22H34O4. The first kappa shape index (κ1) is 19.6. The van der Waals surface area contributed by atoms with E-state index >= 15 is 0 Å². The Bertz CT molecular complexity index is 628. The lowest BCUT2D eigenvalue weighted by atomic mass is 9.44. The van der Waals surface area contributed by atoms with Crippen LogP contribution < -0.4 is 0 Å². The zero-order chi connectivity index (χ0) is 19.5. The molecule has 0 aromatic heterocycles. The van der Waals surface area contributed by atoms with Gasteiger partial charge in [0.2, 0.25) is 0 Å². The lowest BCUT2D eigenvalue weighted by molar-refractivity contribution is -0.205. The van der Waals surface area contributed by atoms with Crippen molar-refractivity contribution >= 4 is 11.8 Å². The van der Waals surface area contributed by atoms with Crippen molar-refractivity contribution in [2.75, 3.05) is 0 Å². The molecule has 146 valence electrons. The molecule has 0 saturated heterocycles. The first-order valence-electron chi connectivity index (χ1n) is 10.0. The highest BCUT2D eigenvalue weighted by atomic mass is 16.5. The van der Waals surface area contributed by atoms with Crippen LogP contribution in [0, 0.1) is 34.0 Å². The Morgan fingerprint density at radius 1 is 1.31 bits per heavy atom. The summed E-state index contributed by atoms with van der Waals surface area (Å²) in [7, 11) is 0. The number of aliphatic hydroxyl groups is 1. The first-order valence-corrected chi connectivity index (χ1v) is 10.0. The smallest absolute Gasteiger partial charge is 0.302 e. The van der Waals surface area contributed by atoms with E-state index in [0.717, 1.165) is 19.3 Å². The third-order valence-corrected chi connectivity index (χ3v) is 8.61. The molecule has 3 fully saturated rings. The number of carbonyl (C=O) groups excluding carboxylic acids is 2. The predicted octanol–water partition coefficient (Wildman–Crippen LogP) is 3.91. The number of hydrogen-bond acceptors (Lipinski definition) is 4. The fourth-order valence-corrected chi connectivity index (χ4v) is 6.70. The molecule has 0 unspecified atom stereocenters. The Kier molecular flexibility index (Phi) is 4.66. The van der Waals surface area contributed by atoms with Crippen LogP contribution >= 0.6 is 0 Å². The van der Waals surface area contributed by atoms with Crippen molar-refractivity contribution in [2.45, 2.75) is 78.9 Å². The molecule has 4 heteroatoms. The largest absolute Gasteiger partial charge is 0.462 e. The Labute approximate surface area is 157 Å². The van der Waals surface area contributed by atoms with Crippen LogP contribution in [0.25, 0.3) is 0 Å². The van der Waals surface area contributed by atoms with Crippen molar-refractivity contribution in [3.8, 4) is 0 Å². The molecule has 1 N–H and O–H groups in total. The van der Waals surface area contributed by atoms with Gasteiger partial charge in [-0.3, -0.25) is 9.59 Å². The molecule has 2 bridgehead atoms. The second-order valence-electron chi connectivity index (χ2n) is 9.68. The number of ketones is 1. The second-order valence-corrected chi connectivity index (χ2v) is 9.68. The van der Waals surface area contributed by atoms with Crippen LogP contribution in [0.15, 0.2) is 12.7 Å². The van der Waals surface area contributed by atoms with Gasteiger partial charge < -0.3 is 9.84 Å². The molecule has 3 aliphatic rings. The predicted molar refractivity (Wildman–Crippen MR) is 100 cm³/mol. The van der Waals surface area contributed by atoms with Gasteiger partial charge in [0.15, 0.2) is 0 Å². The molecule has 3 aliphatic carbocycles. The van der Waals surface area contributed by atoms with Gasteiger partial charge in [0.05, 0.1) is 6.10 Å². The van der Waals surface area contributed by atoms with Gasteiger partial charge in [0, 0.05) is 30.1 Å². The quantitative estimate of drug-likeness (QED) is 0.597. The average Bonchev–Trinajstić information content (AvgIpc) is 2.94. The van der Waals surface area contributed by atoms with E-state index in [1.807, 2.05) is 13.0 Å². The van der Waals surface area contributed by atoms with Crippen LogP contribution in [-0.2, 0) is 14.3 Å². The highest BCUT2D eigenvalue weighted by molar-refractivity contribution is 5.85. The summed E-state index contributed by atoms with van der Waals surface area (Å²) in [6, 6.07) is 0. The molecule has 0 aliphatic heterocycles. The molecule has 3 saturated carbocycles. The van der Waals surface area contributed by atoms with Crippen molar-refractivity contribution in [1.29, 1.82) is 0 Å². The lowest BCUT2D eigenvalue weighted by Gasteiger charge is -2.61. The minimum atomic E-state index is -0.607. The fourth-order valence-electron chi connectivity index (χ4n) is 6.70. The van der Waals surface area contributed by atoms with Gasteiger partial charge in [-0.15, -0.1) is 6.58 Å². The van der Waals surface area contributed by atoms with E-state index in [9.17, 15) is 14.7 Å². The molecule has 8 atom stereocenters. The Morgan fingerprint density at radius 2 is 1.96 bits per heavy atom. The molecule has 4 nitrogen and oxygen atoms in total. The van der Waals surface area contributed by atoms with E-state index in [0.29, 0.717) is 12.8 Å². The standard InChI is InChI=1S/C22H34O4/c1-7-20(5)12-17(26-15(4)23)21(6)13(2)8-10-22(14(3)19(20)25)11-9-16(24)18(21)22/h7,13-14,17-19,25H,1,8-12H2,2-6H3/t13-,14+,17-,18+,19+,20+,21+,22+/m0/s1. The summed E-state index contributed by atoms with van der Waals surface area (Å²) in [5.74, 6) is 0.106. The van der Waals surface area contributed by atoms with Crippen LogP contribution in [0.4, 0.5) is 0 Å². The number of carbonyl (C=O) groups is 2. The minimum absolute atomic E-state index is 0.00653. The molecule has 26 heavy (non-hydrogen) atoms. The van der Waals surface area contributed by atoms with Gasteiger partial charge in [0.25, 0.3) is 0 Å². The minimum Gasteiger partial charge on any atom is -0.462 e. The van der Waals surface area contributed by atoms with E-state index < -0.39 is 23.0 Å². The Hall–Kier alpha value is -1.16. The summed E-state index contributed by atoms with van der Waals surface area (Å²) < 4.78 is 5.87. The Balaban J connectivity index is 2.23. The van der Waals surface area contributed by atoms with Crippen LogP contribution in [0.2, 0.25) is 0 Å². The van der Waals surface area contributed by atoms with Crippen LogP contribution in [-0.4, -0.2) is 29.1 Å². The number of aliphatic hydroxyl groups excluding tert-OH is 1. The molecule has 0 radical (unpaired) electrons. The number of esters is 1. The SMILES string of the molecule is C=C[C@]1(C)C[C@H](OC(C)=O)[C@@]2(C)[C@@H](C)CC[C@@]3(CCC(=O)[C@@H]32)[C@H](C)[C@H]1O. The second kappa shape index (κ2) is 6.19. The zero-order valence-corrected chi connectivity index (χ0v) is 16.9. The van der Waals surface area contributed by atoms with E-state index in [1.165, 1.54) is 6.92 Å². The first-order chi connectivity index (χ1) is 12.0. The lowest BCUT2D eigenvalue weighted by Crippen LogP contribution is -2.63. The number of ether oxygens (including phenoxy) is 1. The van der Waals surface area contributed by atoms with E-state index in [4.69, 9.17) is 4.74 Å². The van der Waals surface area contributed by atoms with Crippen molar-refractivity contribution in [3.05, 3.63) is 12.7 Å². The van der Waals surface area contributed by atoms with E-state index in [2.05, 4.69) is 27.4 Å². The van der Waals surface area contributed by atoms with Crippen LogP contribution in [0.5, 0.6) is 0 Å². The number of hydrogen-bond donors (Lipinski definition) is 1. The van der Waals surface area contributed by atoms with E-state index in [1.54, 1.807) is 0 Å². The summed E-state index contributed by atoms with van der Waals surface area (Å²) in [5.41, 5.74) is -1.17. The number of rotatable bonds is 2. The van der Waals surface area contributed by atoms with Crippen molar-refractivity contribution in [2.24, 2.45) is 34.0 Å². The summed E-state index contributed by atoms with van der Waals surface area (Å²) in [6.07, 6.45) is 4.68. The van der Waals surface area contributed by atoms with Crippen molar-refractivity contribution in [3.63, 3.8) is 0 Å². The fraction of sp³-hybridized carbons (Fsp3) is 0.818. The molecule has 0 aromatic carbocycles. The molecular weight excluding hydrogens is 328 g/mol. The van der Waals surface area contributed by atoms with Gasteiger partial charge in [-0.2, -0.15) is 0 Å². The van der Waals surface area contributed by atoms with Gasteiger partial charge in [-0.05, 0) is 42.9 Å². The highest BCUT2D eigenvalue weighted by Gasteiger charge is 2.68. The third-order valence-electron chi connectivity index (χ3n) is 8.61. The van der Waals surface area contributed by atoms with Gasteiger partial charge in [-0.25, -0.2) is 0 Å². The summed E-state index contributed by atoms with van der Waals surface area (Å²) >= 11 is 0. The van der Waals surface area contributed by atoms with E-state index in [-0.39, 0.29) is 34.9 Å². The van der Waals surface area contributed by atoms with Gasteiger partial charge >= 0.3 is 5.97 Å². The maximum atomic E-state index is 13.1. The average molecular weight is 363 g/mol. The molecule has 0 spiro atoms. The van der Waals surface area contributed by atoms with Crippen LogP contribution in [0.3, 0.4) is 0 Å². The molecule has 3 rings (SSSR count). The van der Waals surface area contributed by atoms with Crippen molar-refractivity contribution < 1.29 is 19.4 Å². The molecule has 0 aromatic rings. The summed E-state index contributed by atoms with van der Waals surface area (Å²) in [4.78, 5) is 25.0. The zero-order valence-electron chi connectivity index (χ0n) is 16.9. The van der Waals surface area contributed by atoms with Crippen molar-refractivity contribution in [1.82, 2.24) is 0 Å². The summed E-state index contributed by atoms with van der Waals surface area (Å²) in [5, 5.41) is 11.3. The van der Waals surface area contributed by atoms with Gasteiger partial charge in [-0.1, -0.05) is 33.8 Å². The molecule has 0 heterocycles. The molecule has 0 amide bonds. The highest BCUT2D eigenvalue weighted by Crippen LogP contribution is 2.67. The monoisotopic (exact) mass is 362 g/mol. The Morgan fingerprint density at radius 3 is 2.54 bits per heavy atom. The van der Waals surface area contributed by atoms with Gasteiger partial charge in [0.1, 0.15) is 11.9 Å². The summed E-state index contributed by atoms with van der Waals surface area (Å²) in [6.45, 7) is 13.9. The topological polar surface area (TPSA) is 63.6 Å².